The SMILES string of the molecule is FCCCCCCCCCOC1CCCCO1. The van der Waals surface area contributed by atoms with E-state index in [2.05, 4.69) is 0 Å². The van der Waals surface area contributed by atoms with E-state index in [1.165, 1.54) is 38.5 Å². The maximum atomic E-state index is 11.8. The predicted octanol–water partition coefficient (Wildman–Crippen LogP) is 4.23. The smallest absolute Gasteiger partial charge is 0.157 e. The molecule has 0 bridgehead atoms. The first kappa shape index (κ1) is 14.9. The monoisotopic (exact) mass is 246 g/mol. The molecule has 2 nitrogen and oxygen atoms in total. The van der Waals surface area contributed by atoms with Crippen molar-refractivity contribution in [1.82, 2.24) is 0 Å². The largest absolute Gasteiger partial charge is 0.353 e. The molecule has 0 spiro atoms. The van der Waals surface area contributed by atoms with Crippen molar-refractivity contribution in [3.63, 3.8) is 0 Å². The minimum absolute atomic E-state index is 0.0632. The summed E-state index contributed by atoms with van der Waals surface area (Å²) < 4.78 is 23.0. The van der Waals surface area contributed by atoms with Crippen molar-refractivity contribution in [2.24, 2.45) is 0 Å². The Hall–Kier alpha value is -0.150. The second-order valence-electron chi connectivity index (χ2n) is 4.83. The van der Waals surface area contributed by atoms with Crippen LogP contribution < -0.4 is 0 Å². The summed E-state index contributed by atoms with van der Waals surface area (Å²) in [5, 5.41) is 0. The Bertz CT molecular complexity index is 158. The molecule has 1 aliphatic heterocycles. The van der Waals surface area contributed by atoms with Crippen LogP contribution in [0.1, 0.15) is 64.2 Å². The molecule has 3 heteroatoms. The van der Waals surface area contributed by atoms with Gasteiger partial charge < -0.3 is 9.47 Å². The first-order valence-electron chi connectivity index (χ1n) is 7.22. The molecule has 0 aromatic rings. The molecule has 1 unspecified atom stereocenters. The number of rotatable bonds is 10. The van der Waals surface area contributed by atoms with Crippen LogP contribution in [0.25, 0.3) is 0 Å². The quantitative estimate of drug-likeness (QED) is 0.537. The van der Waals surface area contributed by atoms with E-state index in [-0.39, 0.29) is 13.0 Å². The van der Waals surface area contributed by atoms with Crippen LogP contribution in [-0.2, 0) is 9.47 Å². The van der Waals surface area contributed by atoms with Gasteiger partial charge in [-0.2, -0.15) is 0 Å². The highest BCUT2D eigenvalue weighted by Gasteiger charge is 2.13. The summed E-state index contributed by atoms with van der Waals surface area (Å²) in [5.41, 5.74) is 0. The minimum Gasteiger partial charge on any atom is -0.353 e. The molecule has 0 radical (unpaired) electrons. The molecular weight excluding hydrogens is 219 g/mol. The van der Waals surface area contributed by atoms with Crippen molar-refractivity contribution >= 4 is 0 Å². The molecule has 0 aliphatic carbocycles. The predicted molar refractivity (Wildman–Crippen MR) is 67.8 cm³/mol. The van der Waals surface area contributed by atoms with Gasteiger partial charge in [0.2, 0.25) is 0 Å². The van der Waals surface area contributed by atoms with Crippen LogP contribution in [0.4, 0.5) is 4.39 Å². The van der Waals surface area contributed by atoms with Gasteiger partial charge in [0, 0.05) is 13.2 Å². The van der Waals surface area contributed by atoms with Crippen molar-refractivity contribution < 1.29 is 13.9 Å². The Kier molecular flexibility index (Phi) is 9.62. The first-order valence-corrected chi connectivity index (χ1v) is 7.22. The highest BCUT2D eigenvalue weighted by molar-refractivity contribution is 4.54. The summed E-state index contributed by atoms with van der Waals surface area (Å²) in [4.78, 5) is 0. The van der Waals surface area contributed by atoms with Gasteiger partial charge in [-0.05, 0) is 32.1 Å². The van der Waals surface area contributed by atoms with Crippen LogP contribution in [0.15, 0.2) is 0 Å². The number of hydrogen-bond donors (Lipinski definition) is 0. The Morgan fingerprint density at radius 2 is 1.65 bits per heavy atom. The van der Waals surface area contributed by atoms with Gasteiger partial charge in [-0.3, -0.25) is 4.39 Å². The number of ether oxygens (including phenoxy) is 2. The lowest BCUT2D eigenvalue weighted by Crippen LogP contribution is -2.22. The van der Waals surface area contributed by atoms with Gasteiger partial charge >= 0.3 is 0 Å². The Morgan fingerprint density at radius 3 is 2.29 bits per heavy atom. The third kappa shape index (κ3) is 8.56. The normalized spacial score (nSPS) is 20.6. The molecule has 1 atom stereocenters. The average Bonchev–Trinajstić information content (AvgIpc) is 2.38. The topological polar surface area (TPSA) is 18.5 Å². The summed E-state index contributed by atoms with van der Waals surface area (Å²) in [6.07, 6.45) is 11.3. The Balaban J connectivity index is 1.75. The number of unbranched alkanes of at least 4 members (excludes halogenated alkanes) is 6. The third-order valence-corrected chi connectivity index (χ3v) is 3.22. The second kappa shape index (κ2) is 11.0. The van der Waals surface area contributed by atoms with Gasteiger partial charge in [0.05, 0.1) is 6.67 Å². The van der Waals surface area contributed by atoms with Gasteiger partial charge in [0.25, 0.3) is 0 Å². The molecule has 1 saturated heterocycles. The van der Waals surface area contributed by atoms with Crippen molar-refractivity contribution in [3.8, 4) is 0 Å². The molecule has 1 fully saturated rings. The van der Waals surface area contributed by atoms with E-state index >= 15 is 0 Å². The van der Waals surface area contributed by atoms with Gasteiger partial charge in [-0.1, -0.05) is 32.1 Å². The highest BCUT2D eigenvalue weighted by atomic mass is 19.1. The van der Waals surface area contributed by atoms with Crippen molar-refractivity contribution in [2.45, 2.75) is 70.5 Å². The Morgan fingerprint density at radius 1 is 0.941 bits per heavy atom. The van der Waals surface area contributed by atoms with E-state index in [9.17, 15) is 4.39 Å². The fraction of sp³-hybridized carbons (Fsp3) is 1.00. The maximum Gasteiger partial charge on any atom is 0.157 e. The van der Waals surface area contributed by atoms with Gasteiger partial charge in [0.15, 0.2) is 6.29 Å². The van der Waals surface area contributed by atoms with Crippen LogP contribution in [0.2, 0.25) is 0 Å². The number of hydrogen-bond acceptors (Lipinski definition) is 2. The van der Waals surface area contributed by atoms with Crippen LogP contribution >= 0.6 is 0 Å². The van der Waals surface area contributed by atoms with Gasteiger partial charge in [-0.15, -0.1) is 0 Å². The van der Waals surface area contributed by atoms with Crippen molar-refractivity contribution in [3.05, 3.63) is 0 Å². The molecule has 1 aliphatic rings. The first-order chi connectivity index (χ1) is 8.43. The zero-order valence-electron chi connectivity index (χ0n) is 11.0. The number of alkyl halides is 1. The second-order valence-corrected chi connectivity index (χ2v) is 4.83. The molecule has 0 saturated carbocycles. The summed E-state index contributed by atoms with van der Waals surface area (Å²) in [6, 6.07) is 0. The fourth-order valence-corrected chi connectivity index (χ4v) is 2.14. The standard InChI is InChI=1S/C14H27FO2/c15-11-7-4-2-1-3-5-8-12-16-14-10-6-9-13-17-14/h14H,1-13H2. The van der Waals surface area contributed by atoms with Gasteiger partial charge in [0.1, 0.15) is 0 Å². The van der Waals surface area contributed by atoms with Crippen LogP contribution in [0.5, 0.6) is 0 Å². The van der Waals surface area contributed by atoms with Crippen molar-refractivity contribution in [1.29, 1.82) is 0 Å². The summed E-state index contributed by atoms with van der Waals surface area (Å²) in [5.74, 6) is 0. The van der Waals surface area contributed by atoms with E-state index in [0.29, 0.717) is 0 Å². The van der Waals surface area contributed by atoms with Gasteiger partial charge in [-0.25, -0.2) is 0 Å². The molecule has 0 N–H and O–H groups in total. The summed E-state index contributed by atoms with van der Waals surface area (Å²) in [7, 11) is 0. The average molecular weight is 246 g/mol. The molecular formula is C14H27FO2. The lowest BCUT2D eigenvalue weighted by molar-refractivity contribution is -0.162. The van der Waals surface area contributed by atoms with E-state index in [1.54, 1.807) is 0 Å². The molecule has 1 rings (SSSR count). The molecule has 0 amide bonds. The lowest BCUT2D eigenvalue weighted by atomic mass is 10.1. The van der Waals surface area contributed by atoms with E-state index in [1.807, 2.05) is 0 Å². The highest BCUT2D eigenvalue weighted by Crippen LogP contribution is 2.14. The summed E-state index contributed by atoms with van der Waals surface area (Å²) in [6.45, 7) is 1.53. The number of halogens is 1. The van der Waals surface area contributed by atoms with Crippen LogP contribution in [-0.4, -0.2) is 26.2 Å². The lowest BCUT2D eigenvalue weighted by Gasteiger charge is -2.22. The Labute approximate surface area is 105 Å². The fourth-order valence-electron chi connectivity index (χ4n) is 2.14. The molecule has 102 valence electrons. The molecule has 1 heterocycles. The zero-order chi connectivity index (χ0) is 12.2. The van der Waals surface area contributed by atoms with E-state index in [4.69, 9.17) is 9.47 Å². The van der Waals surface area contributed by atoms with Crippen LogP contribution in [0.3, 0.4) is 0 Å². The molecule has 0 aromatic carbocycles. The molecule has 17 heavy (non-hydrogen) atoms. The zero-order valence-corrected chi connectivity index (χ0v) is 11.0. The third-order valence-electron chi connectivity index (χ3n) is 3.22. The summed E-state index contributed by atoms with van der Waals surface area (Å²) >= 11 is 0. The van der Waals surface area contributed by atoms with E-state index in [0.717, 1.165) is 38.9 Å². The minimum atomic E-state index is -0.158. The maximum absolute atomic E-state index is 11.8. The van der Waals surface area contributed by atoms with Crippen LogP contribution in [0, 0.1) is 0 Å². The van der Waals surface area contributed by atoms with E-state index < -0.39 is 0 Å². The van der Waals surface area contributed by atoms with Crippen molar-refractivity contribution in [2.75, 3.05) is 19.9 Å². The molecule has 0 aromatic heterocycles.